The van der Waals surface area contributed by atoms with E-state index in [1.165, 1.54) is 5.56 Å². The van der Waals surface area contributed by atoms with Crippen LogP contribution in [-0.2, 0) is 24.3 Å². The highest BCUT2D eigenvalue weighted by Gasteiger charge is 2.14. The molecule has 4 aromatic rings. The SMILES string of the molecule is Cc1nn(Cc2ccccc2)c(C)c1CNC(=O)CCc1ncc(-c2ccc(Cl)cc2)o1. The van der Waals surface area contributed by atoms with Crippen molar-refractivity contribution in [2.45, 2.75) is 39.8 Å². The van der Waals surface area contributed by atoms with Gasteiger partial charge in [-0.05, 0) is 43.7 Å². The van der Waals surface area contributed by atoms with Gasteiger partial charge in [0.05, 0.1) is 18.4 Å². The molecule has 6 nitrogen and oxygen atoms in total. The number of hydrogen-bond acceptors (Lipinski definition) is 4. The van der Waals surface area contributed by atoms with Crippen molar-refractivity contribution < 1.29 is 9.21 Å². The van der Waals surface area contributed by atoms with Crippen molar-refractivity contribution in [3.8, 4) is 11.3 Å². The Balaban J connectivity index is 1.30. The van der Waals surface area contributed by atoms with Crippen LogP contribution in [0.4, 0.5) is 0 Å². The number of aromatic nitrogens is 3. The van der Waals surface area contributed by atoms with Crippen molar-refractivity contribution in [1.29, 1.82) is 0 Å². The maximum atomic E-state index is 12.4. The number of aryl methyl sites for hydroxylation is 2. The van der Waals surface area contributed by atoms with Crippen LogP contribution in [0.2, 0.25) is 5.02 Å². The third-order valence-corrected chi connectivity index (χ3v) is 5.67. The zero-order valence-corrected chi connectivity index (χ0v) is 18.9. The summed E-state index contributed by atoms with van der Waals surface area (Å²) in [5.74, 6) is 1.15. The van der Waals surface area contributed by atoms with Crippen LogP contribution in [0, 0.1) is 13.8 Å². The van der Waals surface area contributed by atoms with Crippen molar-refractivity contribution in [1.82, 2.24) is 20.1 Å². The number of benzene rings is 2. The van der Waals surface area contributed by atoms with Crippen molar-refractivity contribution in [3.63, 3.8) is 0 Å². The number of halogens is 1. The van der Waals surface area contributed by atoms with Gasteiger partial charge in [0.25, 0.3) is 0 Å². The Morgan fingerprint density at radius 3 is 2.59 bits per heavy atom. The summed E-state index contributed by atoms with van der Waals surface area (Å²) in [6.07, 6.45) is 2.41. The lowest BCUT2D eigenvalue weighted by molar-refractivity contribution is -0.121. The molecule has 0 saturated carbocycles. The molecule has 7 heteroatoms. The minimum absolute atomic E-state index is 0.0501. The summed E-state index contributed by atoms with van der Waals surface area (Å²) in [4.78, 5) is 16.7. The molecule has 32 heavy (non-hydrogen) atoms. The highest BCUT2D eigenvalue weighted by atomic mass is 35.5. The van der Waals surface area contributed by atoms with E-state index < -0.39 is 0 Å². The second kappa shape index (κ2) is 9.83. The first-order chi connectivity index (χ1) is 15.5. The summed E-state index contributed by atoms with van der Waals surface area (Å²) in [7, 11) is 0. The van der Waals surface area contributed by atoms with Gasteiger partial charge >= 0.3 is 0 Å². The summed E-state index contributed by atoms with van der Waals surface area (Å²) >= 11 is 5.92. The van der Waals surface area contributed by atoms with Crippen LogP contribution in [0.5, 0.6) is 0 Å². The van der Waals surface area contributed by atoms with Crippen molar-refractivity contribution >= 4 is 17.5 Å². The number of carbonyl (C=O) groups is 1. The molecule has 0 spiro atoms. The van der Waals surface area contributed by atoms with E-state index in [0.717, 1.165) is 22.5 Å². The molecule has 0 aliphatic rings. The smallest absolute Gasteiger partial charge is 0.220 e. The molecule has 0 radical (unpaired) electrons. The number of rotatable bonds is 8. The highest BCUT2D eigenvalue weighted by molar-refractivity contribution is 6.30. The van der Waals surface area contributed by atoms with Gasteiger partial charge in [0.2, 0.25) is 5.91 Å². The lowest BCUT2D eigenvalue weighted by Gasteiger charge is -2.07. The number of oxazole rings is 1. The molecule has 2 aromatic carbocycles. The molecule has 164 valence electrons. The van der Waals surface area contributed by atoms with Gasteiger partial charge in [0.1, 0.15) is 0 Å². The van der Waals surface area contributed by atoms with Crippen LogP contribution >= 0.6 is 11.6 Å². The van der Waals surface area contributed by atoms with Crippen LogP contribution < -0.4 is 5.32 Å². The molecule has 1 N–H and O–H groups in total. The fraction of sp³-hybridized carbons (Fsp3) is 0.240. The number of nitrogens with one attached hydrogen (secondary N) is 1. The van der Waals surface area contributed by atoms with Gasteiger partial charge in [0.15, 0.2) is 11.7 Å². The standard InChI is InChI=1S/C25H25ClN4O2/c1-17-22(18(2)30(29-17)16-19-6-4-3-5-7-19)14-27-24(31)12-13-25-28-15-23(32-25)20-8-10-21(26)11-9-20/h3-11,15H,12-14,16H2,1-2H3,(H,27,31). The topological polar surface area (TPSA) is 73.0 Å². The van der Waals surface area contributed by atoms with Crippen molar-refractivity contribution in [2.24, 2.45) is 0 Å². The van der Waals surface area contributed by atoms with E-state index in [4.69, 9.17) is 16.0 Å². The molecule has 1 amide bonds. The maximum Gasteiger partial charge on any atom is 0.220 e. The number of nitrogens with zero attached hydrogens (tertiary/aromatic N) is 3. The Bertz CT molecular complexity index is 1200. The predicted molar refractivity (Wildman–Crippen MR) is 124 cm³/mol. The van der Waals surface area contributed by atoms with Gasteiger partial charge in [-0.25, -0.2) is 4.98 Å². The van der Waals surface area contributed by atoms with Gasteiger partial charge in [0, 0.05) is 41.2 Å². The van der Waals surface area contributed by atoms with Crippen LogP contribution in [0.3, 0.4) is 0 Å². The lowest BCUT2D eigenvalue weighted by atomic mass is 10.2. The van der Waals surface area contributed by atoms with Gasteiger partial charge < -0.3 is 9.73 Å². The predicted octanol–water partition coefficient (Wildman–Crippen LogP) is 5.11. The zero-order chi connectivity index (χ0) is 22.5. The summed E-state index contributed by atoms with van der Waals surface area (Å²) in [5.41, 5.74) is 5.13. The minimum atomic E-state index is -0.0501. The first-order valence-electron chi connectivity index (χ1n) is 10.5. The summed E-state index contributed by atoms with van der Waals surface area (Å²) in [6, 6.07) is 17.6. The Hall–Kier alpha value is -3.38. The molecule has 0 unspecified atom stereocenters. The largest absolute Gasteiger partial charge is 0.441 e. The van der Waals surface area contributed by atoms with E-state index in [2.05, 4.69) is 27.5 Å². The van der Waals surface area contributed by atoms with Crippen LogP contribution in [0.25, 0.3) is 11.3 Å². The molecular formula is C25H25ClN4O2. The quantitative estimate of drug-likeness (QED) is 0.406. The van der Waals surface area contributed by atoms with Gasteiger partial charge in [-0.1, -0.05) is 41.9 Å². The van der Waals surface area contributed by atoms with E-state index in [1.807, 2.05) is 48.9 Å². The average Bonchev–Trinajstić information content (AvgIpc) is 3.37. The number of carbonyl (C=O) groups excluding carboxylic acids is 1. The second-order valence-electron chi connectivity index (χ2n) is 7.69. The summed E-state index contributed by atoms with van der Waals surface area (Å²) in [5, 5.41) is 8.31. The molecule has 4 rings (SSSR count). The minimum Gasteiger partial charge on any atom is -0.441 e. The lowest BCUT2D eigenvalue weighted by Crippen LogP contribution is -2.23. The molecule has 0 fully saturated rings. The Morgan fingerprint density at radius 2 is 1.84 bits per heavy atom. The Labute approximate surface area is 192 Å². The van der Waals surface area contributed by atoms with Crippen molar-refractivity contribution in [3.05, 3.63) is 94.2 Å². The van der Waals surface area contributed by atoms with E-state index in [9.17, 15) is 4.79 Å². The maximum absolute atomic E-state index is 12.4. The van der Waals surface area contributed by atoms with Gasteiger partial charge in [-0.3, -0.25) is 9.48 Å². The first kappa shape index (κ1) is 21.8. The molecular weight excluding hydrogens is 424 g/mol. The molecule has 0 atom stereocenters. The Morgan fingerprint density at radius 1 is 1.09 bits per heavy atom. The first-order valence-corrected chi connectivity index (χ1v) is 10.9. The van der Waals surface area contributed by atoms with Crippen molar-refractivity contribution in [2.75, 3.05) is 0 Å². The average molecular weight is 449 g/mol. The summed E-state index contributed by atoms with van der Waals surface area (Å²) in [6.45, 7) is 5.17. The fourth-order valence-electron chi connectivity index (χ4n) is 3.57. The van der Waals surface area contributed by atoms with E-state index in [-0.39, 0.29) is 5.91 Å². The number of hydrogen-bond donors (Lipinski definition) is 1. The van der Waals surface area contributed by atoms with E-state index in [1.54, 1.807) is 18.3 Å². The van der Waals surface area contributed by atoms with Gasteiger partial charge in [-0.15, -0.1) is 0 Å². The Kier molecular flexibility index (Phi) is 6.71. The molecule has 0 aliphatic heterocycles. The highest BCUT2D eigenvalue weighted by Crippen LogP contribution is 2.22. The van der Waals surface area contributed by atoms with E-state index in [0.29, 0.717) is 42.6 Å². The van der Waals surface area contributed by atoms with Crippen LogP contribution in [0.15, 0.2) is 65.2 Å². The molecule has 2 aromatic heterocycles. The molecule has 0 saturated heterocycles. The number of amides is 1. The van der Waals surface area contributed by atoms with Crippen LogP contribution in [-0.4, -0.2) is 20.7 Å². The second-order valence-corrected chi connectivity index (χ2v) is 8.13. The third kappa shape index (κ3) is 5.26. The molecule has 0 aliphatic carbocycles. The fourth-order valence-corrected chi connectivity index (χ4v) is 3.70. The van der Waals surface area contributed by atoms with Gasteiger partial charge in [-0.2, -0.15) is 5.10 Å². The zero-order valence-electron chi connectivity index (χ0n) is 18.1. The van der Waals surface area contributed by atoms with Crippen LogP contribution in [0.1, 0.15) is 34.8 Å². The monoisotopic (exact) mass is 448 g/mol. The van der Waals surface area contributed by atoms with E-state index >= 15 is 0 Å². The molecule has 2 heterocycles. The molecule has 0 bridgehead atoms. The summed E-state index contributed by atoms with van der Waals surface area (Å²) < 4.78 is 7.76. The normalized spacial score (nSPS) is 11.0. The third-order valence-electron chi connectivity index (χ3n) is 5.42.